The molecule has 0 saturated heterocycles. The summed E-state index contributed by atoms with van der Waals surface area (Å²) in [6.07, 6.45) is 6.04. The van der Waals surface area contributed by atoms with E-state index in [4.69, 9.17) is 10.5 Å². The van der Waals surface area contributed by atoms with Gasteiger partial charge in [-0.2, -0.15) is 0 Å². The second-order valence-electron chi connectivity index (χ2n) is 3.92. The number of ether oxygens (including phenoxy) is 1. The highest BCUT2D eigenvalue weighted by Crippen LogP contribution is 2.14. The van der Waals surface area contributed by atoms with Crippen molar-refractivity contribution in [3.05, 3.63) is 0 Å². The normalized spacial score (nSPS) is 15.7. The SMILES string of the molecule is CCCCCCOC(C)(CC)CN. The maximum atomic E-state index is 5.75. The van der Waals surface area contributed by atoms with E-state index in [0.29, 0.717) is 6.54 Å². The minimum atomic E-state index is -0.0911. The first-order valence-corrected chi connectivity index (χ1v) is 5.52. The van der Waals surface area contributed by atoms with Crippen molar-refractivity contribution in [1.29, 1.82) is 0 Å². The number of unbranched alkanes of at least 4 members (excludes halogenated alkanes) is 3. The lowest BCUT2D eigenvalue weighted by atomic mass is 10.0. The number of nitrogens with two attached hydrogens (primary N) is 1. The molecule has 0 aromatic rings. The molecule has 1 unspecified atom stereocenters. The minimum Gasteiger partial charge on any atom is -0.374 e. The van der Waals surface area contributed by atoms with Crippen LogP contribution in [0, 0.1) is 0 Å². The van der Waals surface area contributed by atoms with E-state index in [-0.39, 0.29) is 5.60 Å². The number of hydrogen-bond acceptors (Lipinski definition) is 2. The molecule has 0 bridgehead atoms. The maximum Gasteiger partial charge on any atom is 0.0773 e. The standard InChI is InChI=1S/C11H25NO/c1-4-6-7-8-9-13-11(3,5-2)10-12/h4-10,12H2,1-3H3. The first kappa shape index (κ1) is 12.9. The fourth-order valence-electron chi connectivity index (χ4n) is 1.15. The Morgan fingerprint density at radius 1 is 1.15 bits per heavy atom. The van der Waals surface area contributed by atoms with Crippen molar-refractivity contribution in [3.63, 3.8) is 0 Å². The van der Waals surface area contributed by atoms with Gasteiger partial charge in [-0.3, -0.25) is 0 Å². The van der Waals surface area contributed by atoms with Crippen LogP contribution in [0.5, 0.6) is 0 Å². The van der Waals surface area contributed by atoms with Gasteiger partial charge in [0.25, 0.3) is 0 Å². The average molecular weight is 187 g/mol. The lowest BCUT2D eigenvalue weighted by Gasteiger charge is -2.26. The van der Waals surface area contributed by atoms with Gasteiger partial charge in [-0.1, -0.05) is 33.1 Å². The molecule has 0 aliphatic heterocycles. The first-order valence-electron chi connectivity index (χ1n) is 5.52. The van der Waals surface area contributed by atoms with E-state index in [1.54, 1.807) is 0 Å². The molecule has 0 spiro atoms. The van der Waals surface area contributed by atoms with Crippen molar-refractivity contribution in [1.82, 2.24) is 0 Å². The van der Waals surface area contributed by atoms with Crippen LogP contribution in [0.1, 0.15) is 52.9 Å². The van der Waals surface area contributed by atoms with E-state index >= 15 is 0 Å². The highest BCUT2D eigenvalue weighted by Gasteiger charge is 2.19. The molecule has 1 atom stereocenters. The monoisotopic (exact) mass is 187 g/mol. The van der Waals surface area contributed by atoms with E-state index in [1.165, 1.54) is 25.7 Å². The molecule has 0 aromatic heterocycles. The number of hydrogen-bond donors (Lipinski definition) is 1. The predicted molar refractivity (Wildman–Crippen MR) is 57.8 cm³/mol. The fourth-order valence-corrected chi connectivity index (χ4v) is 1.15. The van der Waals surface area contributed by atoms with Crippen LogP contribution in [-0.4, -0.2) is 18.8 Å². The molecule has 2 N–H and O–H groups in total. The lowest BCUT2D eigenvalue weighted by molar-refractivity contribution is -0.0289. The van der Waals surface area contributed by atoms with Crippen molar-refractivity contribution in [3.8, 4) is 0 Å². The highest BCUT2D eigenvalue weighted by molar-refractivity contribution is 4.73. The first-order chi connectivity index (χ1) is 6.18. The predicted octanol–water partition coefficient (Wildman–Crippen LogP) is 2.71. The molecular weight excluding hydrogens is 162 g/mol. The summed E-state index contributed by atoms with van der Waals surface area (Å²) in [6, 6.07) is 0. The van der Waals surface area contributed by atoms with Crippen LogP contribution < -0.4 is 5.73 Å². The van der Waals surface area contributed by atoms with Gasteiger partial charge >= 0.3 is 0 Å². The third-order valence-electron chi connectivity index (χ3n) is 2.63. The smallest absolute Gasteiger partial charge is 0.0773 e. The number of rotatable bonds is 8. The average Bonchev–Trinajstić information content (AvgIpc) is 2.17. The van der Waals surface area contributed by atoms with Crippen LogP contribution in [0.3, 0.4) is 0 Å². The van der Waals surface area contributed by atoms with Gasteiger partial charge in [0.15, 0.2) is 0 Å². The molecule has 0 aromatic carbocycles. The van der Waals surface area contributed by atoms with Crippen LogP contribution in [0.2, 0.25) is 0 Å². The van der Waals surface area contributed by atoms with E-state index < -0.39 is 0 Å². The molecule has 13 heavy (non-hydrogen) atoms. The zero-order valence-corrected chi connectivity index (χ0v) is 9.44. The molecule has 0 rings (SSSR count). The molecule has 0 saturated carbocycles. The summed E-state index contributed by atoms with van der Waals surface area (Å²) >= 11 is 0. The Morgan fingerprint density at radius 2 is 1.85 bits per heavy atom. The van der Waals surface area contributed by atoms with Gasteiger partial charge in [0.1, 0.15) is 0 Å². The van der Waals surface area contributed by atoms with E-state index in [1.807, 2.05) is 0 Å². The van der Waals surface area contributed by atoms with Crippen LogP contribution in [0.4, 0.5) is 0 Å². The van der Waals surface area contributed by atoms with Crippen LogP contribution in [0.25, 0.3) is 0 Å². The zero-order chi connectivity index (χ0) is 10.2. The Hall–Kier alpha value is -0.0800. The molecule has 0 aliphatic rings. The minimum absolute atomic E-state index is 0.0911. The summed E-state index contributed by atoms with van der Waals surface area (Å²) in [5.74, 6) is 0. The van der Waals surface area contributed by atoms with Gasteiger partial charge < -0.3 is 10.5 Å². The summed E-state index contributed by atoms with van der Waals surface area (Å²) in [5.41, 5.74) is 5.54. The maximum absolute atomic E-state index is 5.75. The second-order valence-corrected chi connectivity index (χ2v) is 3.92. The molecule has 0 fully saturated rings. The van der Waals surface area contributed by atoms with Gasteiger partial charge in [-0.05, 0) is 19.8 Å². The summed E-state index contributed by atoms with van der Waals surface area (Å²) in [7, 11) is 0. The van der Waals surface area contributed by atoms with Gasteiger partial charge in [0.05, 0.1) is 5.60 Å². The Balaban J connectivity index is 3.39. The van der Waals surface area contributed by atoms with Crippen LogP contribution >= 0.6 is 0 Å². The molecule has 80 valence electrons. The molecule has 0 radical (unpaired) electrons. The molecule has 2 heteroatoms. The van der Waals surface area contributed by atoms with Crippen molar-refractivity contribution in [2.45, 2.75) is 58.5 Å². The summed E-state index contributed by atoms with van der Waals surface area (Å²) in [5, 5.41) is 0. The van der Waals surface area contributed by atoms with Crippen LogP contribution in [0.15, 0.2) is 0 Å². The third-order valence-corrected chi connectivity index (χ3v) is 2.63. The Bertz CT molecular complexity index is 111. The Labute approximate surface area is 82.8 Å². The quantitative estimate of drug-likeness (QED) is 0.593. The zero-order valence-electron chi connectivity index (χ0n) is 9.44. The van der Waals surface area contributed by atoms with Gasteiger partial charge in [0, 0.05) is 13.2 Å². The van der Waals surface area contributed by atoms with Gasteiger partial charge in [0.2, 0.25) is 0 Å². The van der Waals surface area contributed by atoms with E-state index in [9.17, 15) is 0 Å². The molecule has 0 amide bonds. The van der Waals surface area contributed by atoms with Gasteiger partial charge in [-0.25, -0.2) is 0 Å². The second kappa shape index (κ2) is 7.34. The Kier molecular flexibility index (Phi) is 7.29. The fraction of sp³-hybridized carbons (Fsp3) is 1.00. The van der Waals surface area contributed by atoms with E-state index in [0.717, 1.165) is 13.0 Å². The molecule has 0 heterocycles. The van der Waals surface area contributed by atoms with Crippen LogP contribution in [-0.2, 0) is 4.74 Å². The third kappa shape index (κ3) is 6.05. The molecular formula is C11H25NO. The van der Waals surface area contributed by atoms with Crippen molar-refractivity contribution in [2.75, 3.05) is 13.2 Å². The summed E-state index contributed by atoms with van der Waals surface area (Å²) in [4.78, 5) is 0. The molecule has 0 aliphatic carbocycles. The summed E-state index contributed by atoms with van der Waals surface area (Å²) < 4.78 is 5.75. The lowest BCUT2D eigenvalue weighted by Crippen LogP contribution is -2.37. The Morgan fingerprint density at radius 3 is 2.31 bits per heavy atom. The largest absolute Gasteiger partial charge is 0.374 e. The van der Waals surface area contributed by atoms with Crippen molar-refractivity contribution >= 4 is 0 Å². The molecule has 2 nitrogen and oxygen atoms in total. The van der Waals surface area contributed by atoms with E-state index in [2.05, 4.69) is 20.8 Å². The summed E-state index contributed by atoms with van der Waals surface area (Å²) in [6.45, 7) is 7.92. The van der Waals surface area contributed by atoms with Crippen molar-refractivity contribution < 1.29 is 4.74 Å². The van der Waals surface area contributed by atoms with Gasteiger partial charge in [-0.15, -0.1) is 0 Å². The van der Waals surface area contributed by atoms with Crippen molar-refractivity contribution in [2.24, 2.45) is 5.73 Å². The highest BCUT2D eigenvalue weighted by atomic mass is 16.5. The topological polar surface area (TPSA) is 35.2 Å².